The first-order valence-corrected chi connectivity index (χ1v) is 8.61. The molecule has 26 heavy (non-hydrogen) atoms. The van der Waals surface area contributed by atoms with Gasteiger partial charge in [0, 0.05) is 10.0 Å². The molecular formula is C19H14Cl2N2O3. The second-order valence-electron chi connectivity index (χ2n) is 5.64. The molecule has 1 N–H and O–H groups in total. The first-order chi connectivity index (χ1) is 12.4. The highest BCUT2D eigenvalue weighted by Gasteiger charge is 2.36. The maximum absolute atomic E-state index is 12.8. The molecule has 1 aliphatic heterocycles. The molecule has 7 heteroatoms. The zero-order valence-corrected chi connectivity index (χ0v) is 15.3. The van der Waals surface area contributed by atoms with Crippen LogP contribution in [0, 0.1) is 0 Å². The highest BCUT2D eigenvalue weighted by atomic mass is 35.5. The number of aryl methyl sites for hydroxylation is 1. The molecule has 0 radical (unpaired) electrons. The van der Waals surface area contributed by atoms with Crippen LogP contribution in [0.2, 0.25) is 10.0 Å². The molecule has 0 bridgehead atoms. The lowest BCUT2D eigenvalue weighted by Gasteiger charge is -2.26. The predicted octanol–water partition coefficient (Wildman–Crippen LogP) is 4.22. The number of nitrogens with zero attached hydrogens (tertiary/aromatic N) is 1. The maximum Gasteiger partial charge on any atom is 0.335 e. The third kappa shape index (κ3) is 3.49. The Kier molecular flexibility index (Phi) is 5.11. The van der Waals surface area contributed by atoms with E-state index in [2.05, 4.69) is 5.32 Å². The van der Waals surface area contributed by atoms with Crippen LogP contribution in [0.1, 0.15) is 18.1 Å². The van der Waals surface area contributed by atoms with Crippen LogP contribution in [-0.4, -0.2) is 17.8 Å². The van der Waals surface area contributed by atoms with Crippen LogP contribution in [0.4, 0.5) is 10.5 Å². The third-order valence-electron chi connectivity index (χ3n) is 3.97. The van der Waals surface area contributed by atoms with Gasteiger partial charge in [0.05, 0.1) is 5.69 Å². The van der Waals surface area contributed by atoms with Gasteiger partial charge in [-0.1, -0.05) is 48.3 Å². The molecule has 132 valence electrons. The lowest BCUT2D eigenvalue weighted by molar-refractivity contribution is -0.122. The van der Waals surface area contributed by atoms with Crippen molar-refractivity contribution in [1.29, 1.82) is 0 Å². The molecule has 5 nitrogen and oxygen atoms in total. The number of hydrogen-bond donors (Lipinski definition) is 1. The van der Waals surface area contributed by atoms with E-state index in [9.17, 15) is 14.4 Å². The summed E-state index contributed by atoms with van der Waals surface area (Å²) in [7, 11) is 0. The van der Waals surface area contributed by atoms with Crippen molar-refractivity contribution in [3.8, 4) is 0 Å². The zero-order chi connectivity index (χ0) is 18.8. The number of carbonyl (C=O) groups excluding carboxylic acids is 3. The largest absolute Gasteiger partial charge is 0.335 e. The maximum atomic E-state index is 12.8. The van der Waals surface area contributed by atoms with Crippen LogP contribution >= 0.6 is 23.2 Å². The summed E-state index contributed by atoms with van der Waals surface area (Å²) in [6, 6.07) is 10.9. The van der Waals surface area contributed by atoms with E-state index >= 15 is 0 Å². The van der Waals surface area contributed by atoms with Crippen molar-refractivity contribution >= 4 is 52.8 Å². The third-order valence-corrected chi connectivity index (χ3v) is 4.53. The van der Waals surface area contributed by atoms with Crippen LogP contribution in [0.5, 0.6) is 0 Å². The van der Waals surface area contributed by atoms with Crippen LogP contribution < -0.4 is 10.2 Å². The Hall–Kier alpha value is -2.63. The average molecular weight is 389 g/mol. The SMILES string of the molecule is CCc1ccc(N2C(=O)NC(=O)/C(=C/c3ccc(Cl)cc3Cl)C2=O)cc1. The number of imide groups is 2. The number of barbiturate groups is 1. The van der Waals surface area contributed by atoms with E-state index in [1.165, 1.54) is 12.1 Å². The van der Waals surface area contributed by atoms with Crippen molar-refractivity contribution in [2.75, 3.05) is 4.90 Å². The monoisotopic (exact) mass is 388 g/mol. The summed E-state index contributed by atoms with van der Waals surface area (Å²) in [5.41, 5.74) is 1.71. The first-order valence-electron chi connectivity index (χ1n) is 7.86. The molecule has 0 unspecified atom stereocenters. The summed E-state index contributed by atoms with van der Waals surface area (Å²) in [4.78, 5) is 38.1. The van der Waals surface area contributed by atoms with Gasteiger partial charge in [0.1, 0.15) is 5.57 Å². The Morgan fingerprint density at radius 1 is 1.04 bits per heavy atom. The summed E-state index contributed by atoms with van der Waals surface area (Å²) >= 11 is 12.0. The van der Waals surface area contributed by atoms with Gasteiger partial charge in [-0.15, -0.1) is 0 Å². The van der Waals surface area contributed by atoms with Gasteiger partial charge in [0.25, 0.3) is 11.8 Å². The molecule has 4 amide bonds. The minimum absolute atomic E-state index is 0.187. The molecule has 2 aromatic rings. The van der Waals surface area contributed by atoms with Gasteiger partial charge < -0.3 is 0 Å². The summed E-state index contributed by atoms with van der Waals surface area (Å²) in [5.74, 6) is -1.48. The number of anilines is 1. The van der Waals surface area contributed by atoms with E-state index < -0.39 is 17.8 Å². The molecule has 1 aliphatic rings. The minimum Gasteiger partial charge on any atom is -0.273 e. The Morgan fingerprint density at radius 2 is 1.73 bits per heavy atom. The number of carbonyl (C=O) groups is 3. The molecule has 0 aromatic heterocycles. The Morgan fingerprint density at radius 3 is 2.35 bits per heavy atom. The van der Waals surface area contributed by atoms with Crippen molar-refractivity contribution in [2.24, 2.45) is 0 Å². The van der Waals surface area contributed by atoms with E-state index in [0.717, 1.165) is 16.9 Å². The fraction of sp³-hybridized carbons (Fsp3) is 0.105. The van der Waals surface area contributed by atoms with E-state index in [1.54, 1.807) is 24.3 Å². The standard InChI is InChI=1S/C19H14Cl2N2O3/c1-2-11-3-7-14(8-4-11)23-18(25)15(17(24)22-19(23)26)9-12-5-6-13(20)10-16(12)21/h3-10H,2H2,1H3,(H,22,24,26)/b15-9-. The molecular weight excluding hydrogens is 375 g/mol. The van der Waals surface area contributed by atoms with Gasteiger partial charge in [-0.25, -0.2) is 9.69 Å². The van der Waals surface area contributed by atoms with E-state index in [1.807, 2.05) is 19.1 Å². The number of nitrogens with one attached hydrogen (secondary N) is 1. The first kappa shape index (κ1) is 18.2. The molecule has 1 saturated heterocycles. The lowest BCUT2D eigenvalue weighted by atomic mass is 10.1. The molecule has 0 spiro atoms. The van der Waals surface area contributed by atoms with Crippen LogP contribution in [0.25, 0.3) is 6.08 Å². The normalized spacial score (nSPS) is 16.2. The predicted molar refractivity (Wildman–Crippen MR) is 101 cm³/mol. The number of amides is 4. The second-order valence-corrected chi connectivity index (χ2v) is 6.49. The van der Waals surface area contributed by atoms with Crippen LogP contribution in [-0.2, 0) is 16.0 Å². The van der Waals surface area contributed by atoms with Crippen molar-refractivity contribution in [1.82, 2.24) is 5.32 Å². The quantitative estimate of drug-likeness (QED) is 0.631. The molecule has 0 aliphatic carbocycles. The van der Waals surface area contributed by atoms with Gasteiger partial charge in [-0.3, -0.25) is 14.9 Å². The van der Waals surface area contributed by atoms with Gasteiger partial charge in [-0.2, -0.15) is 0 Å². The Labute approximate surface area is 160 Å². The van der Waals surface area contributed by atoms with Crippen LogP contribution in [0.15, 0.2) is 48.0 Å². The van der Waals surface area contributed by atoms with E-state index in [-0.39, 0.29) is 5.57 Å². The Balaban J connectivity index is 2.00. The molecule has 0 saturated carbocycles. The summed E-state index contributed by atoms with van der Waals surface area (Å²) in [5, 5.41) is 2.91. The number of halogens is 2. The van der Waals surface area contributed by atoms with Crippen molar-refractivity contribution < 1.29 is 14.4 Å². The Bertz CT molecular complexity index is 936. The fourth-order valence-corrected chi connectivity index (χ4v) is 3.01. The highest BCUT2D eigenvalue weighted by molar-refractivity contribution is 6.40. The van der Waals surface area contributed by atoms with E-state index in [4.69, 9.17) is 23.2 Å². The van der Waals surface area contributed by atoms with Crippen molar-refractivity contribution in [3.63, 3.8) is 0 Å². The number of urea groups is 1. The molecule has 2 aromatic carbocycles. The average Bonchev–Trinajstić information content (AvgIpc) is 2.60. The number of rotatable bonds is 3. The van der Waals surface area contributed by atoms with Crippen molar-refractivity contribution in [3.05, 3.63) is 69.2 Å². The topological polar surface area (TPSA) is 66.5 Å². The minimum atomic E-state index is -0.788. The van der Waals surface area contributed by atoms with Crippen molar-refractivity contribution in [2.45, 2.75) is 13.3 Å². The summed E-state index contributed by atoms with van der Waals surface area (Å²) in [6.45, 7) is 2.00. The smallest absolute Gasteiger partial charge is 0.273 e. The number of hydrogen-bond acceptors (Lipinski definition) is 3. The van der Waals surface area contributed by atoms with Gasteiger partial charge in [0.2, 0.25) is 0 Å². The molecule has 1 fully saturated rings. The van der Waals surface area contributed by atoms with Gasteiger partial charge >= 0.3 is 6.03 Å². The molecule has 0 atom stereocenters. The fourth-order valence-electron chi connectivity index (χ4n) is 2.55. The van der Waals surface area contributed by atoms with Gasteiger partial charge in [0.15, 0.2) is 0 Å². The lowest BCUT2D eigenvalue weighted by Crippen LogP contribution is -2.54. The highest BCUT2D eigenvalue weighted by Crippen LogP contribution is 2.26. The van der Waals surface area contributed by atoms with Crippen LogP contribution in [0.3, 0.4) is 0 Å². The zero-order valence-electron chi connectivity index (χ0n) is 13.8. The summed E-state index contributed by atoms with van der Waals surface area (Å²) < 4.78 is 0. The van der Waals surface area contributed by atoms with E-state index in [0.29, 0.717) is 21.3 Å². The number of benzene rings is 2. The van der Waals surface area contributed by atoms with Gasteiger partial charge in [-0.05, 0) is 47.9 Å². The summed E-state index contributed by atoms with van der Waals surface area (Å²) in [6.07, 6.45) is 2.18. The second kappa shape index (κ2) is 7.32. The molecule has 3 rings (SSSR count). The molecule has 1 heterocycles.